The molecule has 2 aliphatic rings. The molecule has 0 N–H and O–H groups in total. The van der Waals surface area contributed by atoms with Crippen LogP contribution in [0.15, 0.2) is 22.7 Å². The van der Waals surface area contributed by atoms with Gasteiger partial charge in [0.05, 0.1) is 24.3 Å². The minimum atomic E-state index is -0.472. The first-order chi connectivity index (χ1) is 9.16. The fourth-order valence-corrected chi connectivity index (χ4v) is 3.33. The molecule has 0 aromatic heterocycles. The Labute approximate surface area is 119 Å². The number of carbonyl (C=O) groups excluding carboxylic acids is 1. The molecule has 1 heterocycles. The first-order valence-corrected chi connectivity index (χ1v) is 7.34. The van der Waals surface area contributed by atoms with Crippen LogP contribution in [0.3, 0.4) is 0 Å². The van der Waals surface area contributed by atoms with Gasteiger partial charge in [0.15, 0.2) is 0 Å². The third-order valence-corrected chi connectivity index (χ3v) is 4.40. The van der Waals surface area contributed by atoms with E-state index < -0.39 is 5.82 Å². The monoisotopic (exact) mass is 327 g/mol. The van der Waals surface area contributed by atoms with E-state index in [9.17, 15) is 9.18 Å². The number of amides is 1. The number of rotatable bonds is 1. The summed E-state index contributed by atoms with van der Waals surface area (Å²) in [5.74, 6) is -0.689. The maximum Gasteiger partial charge on any atom is 0.257 e. The second-order valence-electron chi connectivity index (χ2n) is 5.03. The lowest BCUT2D eigenvalue weighted by Crippen LogP contribution is -2.51. The van der Waals surface area contributed by atoms with E-state index in [1.54, 1.807) is 17.0 Å². The minimum Gasteiger partial charge on any atom is -0.374 e. The van der Waals surface area contributed by atoms with Gasteiger partial charge >= 0.3 is 0 Å². The molecule has 1 aromatic rings. The van der Waals surface area contributed by atoms with Crippen LogP contribution in [0.5, 0.6) is 0 Å². The van der Waals surface area contributed by atoms with Gasteiger partial charge < -0.3 is 9.64 Å². The quantitative estimate of drug-likeness (QED) is 0.793. The van der Waals surface area contributed by atoms with Gasteiger partial charge in [-0.15, -0.1) is 0 Å². The Morgan fingerprint density at radius 1 is 1.42 bits per heavy atom. The molecule has 2 unspecified atom stereocenters. The summed E-state index contributed by atoms with van der Waals surface area (Å²) in [5, 5.41) is 0. The fraction of sp³-hybridized carbons (Fsp3) is 0.500. The minimum absolute atomic E-state index is 0.115. The number of halogens is 2. The molecule has 102 valence electrons. The van der Waals surface area contributed by atoms with Crippen LogP contribution in [0, 0.1) is 5.82 Å². The van der Waals surface area contributed by atoms with E-state index in [1.807, 2.05) is 0 Å². The number of carbonyl (C=O) groups is 1. The van der Waals surface area contributed by atoms with E-state index >= 15 is 0 Å². The molecule has 3 rings (SSSR count). The second-order valence-corrected chi connectivity index (χ2v) is 5.95. The molecule has 1 aromatic carbocycles. The number of morpholine rings is 1. The Morgan fingerprint density at radius 2 is 2.26 bits per heavy atom. The van der Waals surface area contributed by atoms with Gasteiger partial charge in [-0.25, -0.2) is 4.39 Å². The first kappa shape index (κ1) is 13.1. The molecule has 5 heteroatoms. The summed E-state index contributed by atoms with van der Waals surface area (Å²) in [6.45, 7) is 1.10. The molecule has 1 saturated heterocycles. The van der Waals surface area contributed by atoms with E-state index in [-0.39, 0.29) is 23.6 Å². The Kier molecular flexibility index (Phi) is 3.58. The van der Waals surface area contributed by atoms with Gasteiger partial charge in [-0.05, 0) is 37.5 Å². The standard InChI is InChI=1S/C14H15BrFNO2/c15-9-4-5-10(11(16)8-9)14(18)17-6-7-19-13-3-1-2-12(13)17/h4-5,8,12-13H,1-3,6-7H2. The van der Waals surface area contributed by atoms with Crippen LogP contribution in [0.1, 0.15) is 29.6 Å². The van der Waals surface area contributed by atoms with Gasteiger partial charge in [0.2, 0.25) is 0 Å². The molecule has 1 saturated carbocycles. The third kappa shape index (κ3) is 2.41. The molecule has 1 aliphatic heterocycles. The zero-order chi connectivity index (χ0) is 13.4. The third-order valence-electron chi connectivity index (χ3n) is 3.90. The highest BCUT2D eigenvalue weighted by Crippen LogP contribution is 2.31. The predicted molar refractivity (Wildman–Crippen MR) is 72.5 cm³/mol. The maximum atomic E-state index is 13.9. The summed E-state index contributed by atoms with van der Waals surface area (Å²) in [7, 11) is 0. The van der Waals surface area contributed by atoms with E-state index in [0.29, 0.717) is 17.6 Å². The van der Waals surface area contributed by atoms with Crippen LogP contribution in [0.4, 0.5) is 4.39 Å². The summed E-state index contributed by atoms with van der Waals surface area (Å²) in [6, 6.07) is 4.69. The average Bonchev–Trinajstić information content (AvgIpc) is 2.86. The Morgan fingerprint density at radius 3 is 3.05 bits per heavy atom. The van der Waals surface area contributed by atoms with Crippen molar-refractivity contribution in [3.63, 3.8) is 0 Å². The van der Waals surface area contributed by atoms with Gasteiger partial charge in [-0.2, -0.15) is 0 Å². The van der Waals surface area contributed by atoms with Gasteiger partial charge in [0.25, 0.3) is 5.91 Å². The van der Waals surface area contributed by atoms with Crippen LogP contribution in [0.2, 0.25) is 0 Å². The predicted octanol–water partition coefficient (Wildman–Crippen LogP) is 2.98. The van der Waals surface area contributed by atoms with Crippen LogP contribution in [-0.2, 0) is 4.74 Å². The topological polar surface area (TPSA) is 29.5 Å². The Bertz CT molecular complexity index is 508. The van der Waals surface area contributed by atoms with Crippen molar-refractivity contribution in [1.29, 1.82) is 0 Å². The average molecular weight is 328 g/mol. The molecule has 0 radical (unpaired) electrons. The van der Waals surface area contributed by atoms with Crippen molar-refractivity contribution in [2.75, 3.05) is 13.2 Å². The Balaban J connectivity index is 1.86. The van der Waals surface area contributed by atoms with Crippen LogP contribution >= 0.6 is 15.9 Å². The smallest absolute Gasteiger partial charge is 0.257 e. The van der Waals surface area contributed by atoms with E-state index in [1.165, 1.54) is 6.07 Å². The van der Waals surface area contributed by atoms with E-state index in [2.05, 4.69) is 15.9 Å². The fourth-order valence-electron chi connectivity index (χ4n) is 3.00. The number of fused-ring (bicyclic) bond motifs is 1. The normalized spacial score (nSPS) is 26.3. The molecule has 1 aliphatic carbocycles. The van der Waals surface area contributed by atoms with Crippen LogP contribution in [0.25, 0.3) is 0 Å². The molecule has 1 amide bonds. The highest BCUT2D eigenvalue weighted by atomic mass is 79.9. The highest BCUT2D eigenvalue weighted by Gasteiger charge is 2.39. The lowest BCUT2D eigenvalue weighted by molar-refractivity contribution is -0.0446. The number of hydrogen-bond donors (Lipinski definition) is 0. The van der Waals surface area contributed by atoms with Crippen molar-refractivity contribution in [1.82, 2.24) is 4.90 Å². The molecule has 2 fully saturated rings. The van der Waals surface area contributed by atoms with Crippen molar-refractivity contribution >= 4 is 21.8 Å². The molecule has 19 heavy (non-hydrogen) atoms. The highest BCUT2D eigenvalue weighted by molar-refractivity contribution is 9.10. The zero-order valence-electron chi connectivity index (χ0n) is 10.4. The summed E-state index contributed by atoms with van der Waals surface area (Å²) in [4.78, 5) is 14.3. The lowest BCUT2D eigenvalue weighted by Gasteiger charge is -2.37. The van der Waals surface area contributed by atoms with E-state index in [4.69, 9.17) is 4.74 Å². The van der Waals surface area contributed by atoms with Crippen molar-refractivity contribution < 1.29 is 13.9 Å². The SMILES string of the molecule is O=C(c1ccc(Br)cc1F)N1CCOC2CCCC21. The van der Waals surface area contributed by atoms with Crippen molar-refractivity contribution in [2.24, 2.45) is 0 Å². The summed E-state index contributed by atoms with van der Waals surface area (Å²) in [5.41, 5.74) is 0.149. The number of ether oxygens (including phenoxy) is 1. The number of benzene rings is 1. The number of hydrogen-bond acceptors (Lipinski definition) is 2. The summed E-state index contributed by atoms with van der Waals surface area (Å²) >= 11 is 3.20. The maximum absolute atomic E-state index is 13.9. The number of nitrogens with zero attached hydrogens (tertiary/aromatic N) is 1. The zero-order valence-corrected chi connectivity index (χ0v) is 12.0. The molecule has 0 spiro atoms. The second kappa shape index (κ2) is 5.21. The molecule has 2 atom stereocenters. The van der Waals surface area contributed by atoms with Crippen molar-refractivity contribution in [3.05, 3.63) is 34.1 Å². The molecule has 0 bridgehead atoms. The summed E-state index contributed by atoms with van der Waals surface area (Å²) in [6.07, 6.45) is 3.16. The van der Waals surface area contributed by atoms with Gasteiger partial charge in [0, 0.05) is 11.0 Å². The largest absolute Gasteiger partial charge is 0.374 e. The van der Waals surface area contributed by atoms with Gasteiger partial charge in [0.1, 0.15) is 5.82 Å². The van der Waals surface area contributed by atoms with Crippen LogP contribution in [-0.4, -0.2) is 36.1 Å². The van der Waals surface area contributed by atoms with Gasteiger partial charge in [-0.1, -0.05) is 15.9 Å². The molecular weight excluding hydrogens is 313 g/mol. The van der Waals surface area contributed by atoms with E-state index in [0.717, 1.165) is 19.3 Å². The van der Waals surface area contributed by atoms with Crippen LogP contribution < -0.4 is 0 Å². The Hall–Kier alpha value is -0.940. The van der Waals surface area contributed by atoms with Gasteiger partial charge in [-0.3, -0.25) is 4.79 Å². The first-order valence-electron chi connectivity index (χ1n) is 6.54. The lowest BCUT2D eigenvalue weighted by atomic mass is 10.1. The van der Waals surface area contributed by atoms with Crippen molar-refractivity contribution in [2.45, 2.75) is 31.4 Å². The molecule has 3 nitrogen and oxygen atoms in total. The molecular formula is C14H15BrFNO2. The van der Waals surface area contributed by atoms with Crippen molar-refractivity contribution in [3.8, 4) is 0 Å². The summed E-state index contributed by atoms with van der Waals surface area (Å²) < 4.78 is 20.2.